The third-order valence-corrected chi connectivity index (χ3v) is 7.46. The van der Waals surface area contributed by atoms with E-state index >= 15 is 0 Å². The van der Waals surface area contributed by atoms with Crippen molar-refractivity contribution in [1.29, 1.82) is 0 Å². The fourth-order valence-corrected chi connectivity index (χ4v) is 5.40. The molecule has 0 saturated carbocycles. The predicted molar refractivity (Wildman–Crippen MR) is 135 cm³/mol. The van der Waals surface area contributed by atoms with Gasteiger partial charge in [0.05, 0.1) is 20.3 Å². The van der Waals surface area contributed by atoms with Gasteiger partial charge in [-0.05, 0) is 73.8 Å². The molecule has 1 N–H and O–H groups in total. The van der Waals surface area contributed by atoms with E-state index in [9.17, 15) is 4.79 Å². The highest BCUT2D eigenvalue weighted by molar-refractivity contribution is 5.94. The molecule has 2 aromatic carbocycles. The van der Waals surface area contributed by atoms with E-state index in [0.717, 1.165) is 83.2 Å². The molecule has 3 aliphatic rings. The maximum atomic E-state index is 13.1. The first-order valence-electron chi connectivity index (χ1n) is 12.5. The van der Waals surface area contributed by atoms with Crippen LogP contribution in [0.3, 0.4) is 0 Å². The number of nitrogens with one attached hydrogen (secondary N) is 1. The Bertz CT molecular complexity index is 996. The van der Waals surface area contributed by atoms with Crippen LogP contribution in [0, 0.1) is 0 Å². The average Bonchev–Trinajstić information content (AvgIpc) is 2.89. The zero-order valence-corrected chi connectivity index (χ0v) is 20.4. The van der Waals surface area contributed by atoms with Gasteiger partial charge in [-0.2, -0.15) is 0 Å². The van der Waals surface area contributed by atoms with Gasteiger partial charge in [-0.25, -0.2) is 0 Å². The molecule has 2 saturated heterocycles. The van der Waals surface area contributed by atoms with Gasteiger partial charge >= 0.3 is 0 Å². The first kappa shape index (κ1) is 23.0. The summed E-state index contributed by atoms with van der Waals surface area (Å²) in [5.41, 5.74) is 5.81. The summed E-state index contributed by atoms with van der Waals surface area (Å²) in [5, 5.41) is 3.31. The number of ether oxygens (including phenoxy) is 2. The van der Waals surface area contributed by atoms with Crippen LogP contribution >= 0.6 is 0 Å². The Kier molecular flexibility index (Phi) is 6.92. The molecule has 0 aromatic heterocycles. The van der Waals surface area contributed by atoms with Crippen molar-refractivity contribution in [1.82, 2.24) is 10.2 Å². The molecule has 0 unspecified atom stereocenters. The molecule has 0 bridgehead atoms. The number of hydrogen-bond acceptors (Lipinski definition) is 6. The van der Waals surface area contributed by atoms with Crippen LogP contribution in [0.4, 0.5) is 11.4 Å². The third kappa shape index (κ3) is 4.86. The summed E-state index contributed by atoms with van der Waals surface area (Å²) in [6, 6.07) is 12.4. The van der Waals surface area contributed by atoms with E-state index in [1.165, 1.54) is 16.8 Å². The van der Waals surface area contributed by atoms with Crippen LogP contribution in [-0.4, -0.2) is 83.5 Å². The van der Waals surface area contributed by atoms with Gasteiger partial charge in [-0.3, -0.25) is 4.79 Å². The second-order valence-electron chi connectivity index (χ2n) is 9.59. The first-order valence-corrected chi connectivity index (χ1v) is 12.5. The minimum atomic E-state index is 0.00557. The van der Waals surface area contributed by atoms with Gasteiger partial charge < -0.3 is 29.5 Å². The Morgan fingerprint density at radius 1 is 0.941 bits per heavy atom. The summed E-state index contributed by atoms with van der Waals surface area (Å²) in [6.07, 6.45) is 2.68. The lowest BCUT2D eigenvalue weighted by atomic mass is 9.85. The van der Waals surface area contributed by atoms with Crippen molar-refractivity contribution in [2.45, 2.75) is 25.3 Å². The van der Waals surface area contributed by atoms with Crippen molar-refractivity contribution >= 4 is 17.3 Å². The van der Waals surface area contributed by atoms with Gasteiger partial charge in [0.15, 0.2) is 0 Å². The predicted octanol–water partition coefficient (Wildman–Crippen LogP) is 2.57. The number of carbonyl (C=O) groups is 1. The van der Waals surface area contributed by atoms with Crippen LogP contribution in [0.1, 0.15) is 27.9 Å². The Morgan fingerprint density at radius 2 is 1.68 bits per heavy atom. The molecule has 5 rings (SSSR count). The Morgan fingerprint density at radius 3 is 2.38 bits per heavy atom. The average molecular weight is 465 g/mol. The molecular weight excluding hydrogens is 428 g/mol. The number of amides is 1. The summed E-state index contributed by atoms with van der Waals surface area (Å²) >= 11 is 0. The molecule has 7 heteroatoms. The first-order chi connectivity index (χ1) is 16.6. The Labute approximate surface area is 202 Å². The second kappa shape index (κ2) is 10.2. The molecule has 2 aliphatic heterocycles. The number of likely N-dealkylation sites (N-methyl/N-ethyl adjacent to an activating group) is 1. The molecule has 7 nitrogen and oxygen atoms in total. The summed E-state index contributed by atoms with van der Waals surface area (Å²) in [6.45, 7) is 7.50. The number of hydrogen-bond donors (Lipinski definition) is 1. The molecule has 2 fully saturated rings. The van der Waals surface area contributed by atoms with E-state index in [-0.39, 0.29) is 11.9 Å². The van der Waals surface area contributed by atoms with Gasteiger partial charge in [0.1, 0.15) is 5.75 Å². The lowest BCUT2D eigenvalue weighted by Crippen LogP contribution is -2.45. The van der Waals surface area contributed by atoms with Crippen LogP contribution in [0.2, 0.25) is 0 Å². The normalized spacial score (nSPS) is 21.2. The number of rotatable bonds is 5. The monoisotopic (exact) mass is 464 g/mol. The van der Waals surface area contributed by atoms with E-state index < -0.39 is 0 Å². The quantitative estimate of drug-likeness (QED) is 0.734. The van der Waals surface area contributed by atoms with Crippen molar-refractivity contribution in [3.63, 3.8) is 0 Å². The van der Waals surface area contributed by atoms with E-state index in [1.807, 2.05) is 24.3 Å². The van der Waals surface area contributed by atoms with Crippen molar-refractivity contribution in [3.8, 4) is 5.75 Å². The van der Waals surface area contributed by atoms with Gasteiger partial charge in [-0.1, -0.05) is 0 Å². The van der Waals surface area contributed by atoms with E-state index in [2.05, 4.69) is 39.2 Å². The standard InChI is InChI=1S/C27H36N4O3/c1-29-11-13-31(14-12-29)25-9-10-26(33-2)23-8-5-21(19-24(23)25)28-27(32)20-3-6-22(7-4-20)30-15-17-34-18-16-30/h3-4,6-7,9-10,21H,5,8,11-19H2,1-2H3,(H,28,32)/t21-/m0/s1. The van der Waals surface area contributed by atoms with E-state index in [1.54, 1.807) is 7.11 Å². The van der Waals surface area contributed by atoms with Crippen LogP contribution in [0.5, 0.6) is 5.75 Å². The zero-order valence-electron chi connectivity index (χ0n) is 20.4. The summed E-state index contributed by atoms with van der Waals surface area (Å²) < 4.78 is 11.1. The fourth-order valence-electron chi connectivity index (χ4n) is 5.40. The van der Waals surface area contributed by atoms with Crippen molar-refractivity contribution in [2.24, 2.45) is 0 Å². The lowest BCUT2D eigenvalue weighted by molar-refractivity contribution is 0.0933. The summed E-state index contributed by atoms with van der Waals surface area (Å²) in [5.74, 6) is 0.974. The van der Waals surface area contributed by atoms with Crippen LogP contribution in [-0.2, 0) is 17.6 Å². The number of fused-ring (bicyclic) bond motifs is 1. The van der Waals surface area contributed by atoms with Crippen LogP contribution in [0.15, 0.2) is 36.4 Å². The van der Waals surface area contributed by atoms with Gasteiger partial charge in [0.2, 0.25) is 0 Å². The lowest BCUT2D eigenvalue weighted by Gasteiger charge is -2.37. The van der Waals surface area contributed by atoms with Crippen LogP contribution < -0.4 is 19.9 Å². The third-order valence-electron chi connectivity index (χ3n) is 7.46. The molecule has 34 heavy (non-hydrogen) atoms. The highest BCUT2D eigenvalue weighted by atomic mass is 16.5. The van der Waals surface area contributed by atoms with Gasteiger partial charge in [0.25, 0.3) is 5.91 Å². The molecule has 0 radical (unpaired) electrons. The molecule has 182 valence electrons. The molecule has 1 amide bonds. The largest absolute Gasteiger partial charge is 0.496 e. The van der Waals surface area contributed by atoms with Crippen molar-refractivity contribution < 1.29 is 14.3 Å². The molecule has 1 atom stereocenters. The molecule has 2 aromatic rings. The zero-order chi connectivity index (χ0) is 23.5. The van der Waals surface area contributed by atoms with E-state index in [0.29, 0.717) is 5.56 Å². The molecule has 0 spiro atoms. The molecule has 2 heterocycles. The number of morpholine rings is 1. The second-order valence-corrected chi connectivity index (χ2v) is 9.59. The van der Waals surface area contributed by atoms with Gasteiger partial charge in [0, 0.05) is 62.2 Å². The van der Waals surface area contributed by atoms with Crippen molar-refractivity contribution in [3.05, 3.63) is 53.1 Å². The number of carbonyl (C=O) groups excluding carboxylic acids is 1. The number of piperazine rings is 1. The van der Waals surface area contributed by atoms with Crippen molar-refractivity contribution in [2.75, 3.05) is 76.4 Å². The molecule has 1 aliphatic carbocycles. The Hall–Kier alpha value is -2.77. The minimum absolute atomic E-state index is 0.00557. The van der Waals surface area contributed by atoms with Gasteiger partial charge in [-0.15, -0.1) is 0 Å². The topological polar surface area (TPSA) is 57.3 Å². The Balaban J connectivity index is 1.29. The minimum Gasteiger partial charge on any atom is -0.496 e. The number of nitrogens with zero attached hydrogens (tertiary/aromatic N) is 3. The van der Waals surface area contributed by atoms with Crippen LogP contribution in [0.25, 0.3) is 0 Å². The highest BCUT2D eigenvalue weighted by Crippen LogP contribution is 2.37. The maximum Gasteiger partial charge on any atom is 0.251 e. The number of benzene rings is 2. The summed E-state index contributed by atoms with van der Waals surface area (Å²) in [4.78, 5) is 20.2. The SMILES string of the molecule is COc1ccc(N2CCN(C)CC2)c2c1CC[C@H](NC(=O)c1ccc(N3CCOCC3)cc1)C2. The number of methoxy groups -OCH3 is 1. The number of anilines is 2. The van der Waals surface area contributed by atoms with E-state index in [4.69, 9.17) is 9.47 Å². The smallest absolute Gasteiger partial charge is 0.251 e. The summed E-state index contributed by atoms with van der Waals surface area (Å²) in [7, 11) is 3.93. The maximum absolute atomic E-state index is 13.1. The highest BCUT2D eigenvalue weighted by Gasteiger charge is 2.28. The fraction of sp³-hybridized carbons (Fsp3) is 0.519. The molecular formula is C27H36N4O3.